The average Bonchev–Trinajstić information content (AvgIpc) is 3.32. The van der Waals surface area contributed by atoms with Gasteiger partial charge in [-0.2, -0.15) is 4.98 Å². The van der Waals surface area contributed by atoms with Crippen LogP contribution in [-0.4, -0.2) is 31.5 Å². The molecule has 0 radical (unpaired) electrons. The monoisotopic (exact) mass is 432 g/mol. The predicted molar refractivity (Wildman–Crippen MR) is 120 cm³/mol. The molecular weight excluding hydrogens is 408 g/mol. The normalized spacial score (nSPS) is 10.6. The molecule has 0 N–H and O–H groups in total. The molecule has 0 aliphatic rings. The molecule has 7 heteroatoms. The van der Waals surface area contributed by atoms with E-state index in [1.165, 1.54) is 0 Å². The number of nitrogens with zero attached hydrogens (tertiary/aromatic N) is 2. The molecule has 1 heterocycles. The number of aromatic nitrogens is 2. The van der Waals surface area contributed by atoms with E-state index in [-0.39, 0.29) is 0 Å². The number of aryl methyl sites for hydroxylation is 1. The van der Waals surface area contributed by atoms with Gasteiger partial charge in [-0.1, -0.05) is 23.4 Å². The third-order valence-corrected chi connectivity index (χ3v) is 5.03. The third kappa shape index (κ3) is 4.51. The summed E-state index contributed by atoms with van der Waals surface area (Å²) in [7, 11) is 4.82. The van der Waals surface area contributed by atoms with Crippen LogP contribution in [0, 0.1) is 6.92 Å². The van der Waals surface area contributed by atoms with E-state index < -0.39 is 0 Å². The number of rotatable bonds is 8. The van der Waals surface area contributed by atoms with Crippen LogP contribution in [0.3, 0.4) is 0 Å². The minimum Gasteiger partial charge on any atom is -0.497 e. The molecule has 1 aromatic heterocycles. The van der Waals surface area contributed by atoms with Crippen molar-refractivity contribution in [1.82, 2.24) is 10.1 Å². The molecule has 32 heavy (non-hydrogen) atoms. The summed E-state index contributed by atoms with van der Waals surface area (Å²) in [5.74, 6) is 3.52. The molecule has 0 fully saturated rings. The van der Waals surface area contributed by atoms with Gasteiger partial charge in [-0.25, -0.2) is 0 Å². The van der Waals surface area contributed by atoms with Crippen molar-refractivity contribution in [1.29, 1.82) is 0 Å². The Morgan fingerprint density at radius 2 is 1.56 bits per heavy atom. The summed E-state index contributed by atoms with van der Waals surface area (Å²) in [4.78, 5) is 4.55. The Kier molecular flexibility index (Phi) is 6.26. The maximum atomic E-state index is 5.99. The molecule has 0 bridgehead atoms. The lowest BCUT2D eigenvalue weighted by molar-refractivity contribution is 0.283. The molecule has 0 amide bonds. The fraction of sp³-hybridized carbons (Fsp3) is 0.200. The predicted octanol–water partition coefficient (Wildman–Crippen LogP) is 5.32. The van der Waals surface area contributed by atoms with Gasteiger partial charge in [-0.3, -0.25) is 0 Å². The fourth-order valence-corrected chi connectivity index (χ4v) is 3.30. The molecule has 0 unspecified atom stereocenters. The first-order chi connectivity index (χ1) is 15.6. The maximum Gasteiger partial charge on any atom is 0.258 e. The SMILES string of the molecule is COc1cc(COc2ccc(-c3noc(-c4ccccc4C)n3)cc2OC)cc(OC)c1. The zero-order chi connectivity index (χ0) is 22.5. The van der Waals surface area contributed by atoms with Crippen molar-refractivity contribution in [2.45, 2.75) is 13.5 Å². The summed E-state index contributed by atoms with van der Waals surface area (Å²) in [6.45, 7) is 2.33. The number of hydrogen-bond acceptors (Lipinski definition) is 7. The first-order valence-corrected chi connectivity index (χ1v) is 10.0. The van der Waals surface area contributed by atoms with Crippen molar-refractivity contribution < 1.29 is 23.5 Å². The number of ether oxygens (including phenoxy) is 4. The average molecular weight is 432 g/mol. The van der Waals surface area contributed by atoms with Crippen molar-refractivity contribution in [3.05, 3.63) is 71.8 Å². The second-order valence-electron chi connectivity index (χ2n) is 7.11. The van der Waals surface area contributed by atoms with E-state index in [0.717, 1.165) is 22.3 Å². The molecule has 4 rings (SSSR count). The zero-order valence-corrected chi connectivity index (χ0v) is 18.4. The summed E-state index contributed by atoms with van der Waals surface area (Å²) < 4.78 is 27.6. The smallest absolute Gasteiger partial charge is 0.258 e. The fourth-order valence-electron chi connectivity index (χ4n) is 3.30. The molecule has 7 nitrogen and oxygen atoms in total. The Bertz CT molecular complexity index is 1200. The molecule has 3 aromatic carbocycles. The van der Waals surface area contributed by atoms with E-state index in [1.54, 1.807) is 21.3 Å². The maximum absolute atomic E-state index is 5.99. The lowest BCUT2D eigenvalue weighted by Crippen LogP contribution is -1.99. The van der Waals surface area contributed by atoms with Gasteiger partial charge in [0.15, 0.2) is 11.5 Å². The highest BCUT2D eigenvalue weighted by Crippen LogP contribution is 2.33. The van der Waals surface area contributed by atoms with E-state index in [0.29, 0.717) is 41.3 Å². The zero-order valence-electron chi connectivity index (χ0n) is 18.4. The van der Waals surface area contributed by atoms with Crippen LogP contribution in [0.25, 0.3) is 22.8 Å². The van der Waals surface area contributed by atoms with Crippen LogP contribution in [0.4, 0.5) is 0 Å². The summed E-state index contributed by atoms with van der Waals surface area (Å²) in [6, 6.07) is 19.0. The highest BCUT2D eigenvalue weighted by Gasteiger charge is 2.15. The highest BCUT2D eigenvalue weighted by atomic mass is 16.5. The van der Waals surface area contributed by atoms with Gasteiger partial charge in [0.05, 0.1) is 21.3 Å². The van der Waals surface area contributed by atoms with E-state index >= 15 is 0 Å². The number of methoxy groups -OCH3 is 3. The number of benzene rings is 3. The van der Waals surface area contributed by atoms with Crippen molar-refractivity contribution in [2.24, 2.45) is 0 Å². The highest BCUT2D eigenvalue weighted by molar-refractivity contribution is 5.64. The first kappa shape index (κ1) is 21.2. The quantitative estimate of drug-likeness (QED) is 0.373. The van der Waals surface area contributed by atoms with E-state index in [1.807, 2.05) is 67.6 Å². The van der Waals surface area contributed by atoms with E-state index in [9.17, 15) is 0 Å². The standard InChI is InChI=1S/C25H24N2O5/c1-16-7-5-6-8-21(16)25-26-24(27-32-25)18-9-10-22(23(13-18)30-4)31-15-17-11-19(28-2)14-20(12-17)29-3/h5-14H,15H2,1-4H3. The molecular formula is C25H24N2O5. The number of hydrogen-bond donors (Lipinski definition) is 0. The van der Waals surface area contributed by atoms with Crippen molar-refractivity contribution >= 4 is 0 Å². The molecule has 0 saturated heterocycles. The molecule has 0 aliphatic heterocycles. The summed E-state index contributed by atoms with van der Waals surface area (Å²) in [6.07, 6.45) is 0. The van der Waals surface area contributed by atoms with Gasteiger partial charge in [0.1, 0.15) is 18.1 Å². The van der Waals surface area contributed by atoms with Crippen LogP contribution >= 0.6 is 0 Å². The molecule has 4 aromatic rings. The van der Waals surface area contributed by atoms with Gasteiger partial charge in [0.25, 0.3) is 5.89 Å². The molecule has 0 saturated carbocycles. The topological polar surface area (TPSA) is 75.8 Å². The van der Waals surface area contributed by atoms with Gasteiger partial charge in [0, 0.05) is 17.2 Å². The van der Waals surface area contributed by atoms with Gasteiger partial charge in [0.2, 0.25) is 5.82 Å². The van der Waals surface area contributed by atoms with Crippen LogP contribution in [0.5, 0.6) is 23.0 Å². The van der Waals surface area contributed by atoms with Crippen LogP contribution in [0.15, 0.2) is 65.2 Å². The van der Waals surface area contributed by atoms with Crippen LogP contribution in [0.1, 0.15) is 11.1 Å². The third-order valence-electron chi connectivity index (χ3n) is 5.03. The molecule has 0 aliphatic carbocycles. The van der Waals surface area contributed by atoms with Gasteiger partial charge in [-0.05, 0) is 54.4 Å². The summed E-state index contributed by atoms with van der Waals surface area (Å²) in [5, 5.41) is 4.13. The Labute approximate surface area is 186 Å². The Morgan fingerprint density at radius 1 is 0.812 bits per heavy atom. The minimum absolute atomic E-state index is 0.322. The van der Waals surface area contributed by atoms with Crippen LogP contribution in [-0.2, 0) is 6.61 Å². The van der Waals surface area contributed by atoms with Crippen LogP contribution in [0.2, 0.25) is 0 Å². The molecule has 164 valence electrons. The van der Waals surface area contributed by atoms with Gasteiger partial charge >= 0.3 is 0 Å². The summed E-state index contributed by atoms with van der Waals surface area (Å²) >= 11 is 0. The van der Waals surface area contributed by atoms with Gasteiger partial charge in [-0.15, -0.1) is 0 Å². The largest absolute Gasteiger partial charge is 0.497 e. The summed E-state index contributed by atoms with van der Waals surface area (Å²) in [5.41, 5.74) is 3.65. The van der Waals surface area contributed by atoms with E-state index in [4.69, 9.17) is 23.5 Å². The van der Waals surface area contributed by atoms with Gasteiger partial charge < -0.3 is 23.5 Å². The van der Waals surface area contributed by atoms with Crippen molar-refractivity contribution in [3.8, 4) is 45.8 Å². The minimum atomic E-state index is 0.322. The molecule has 0 spiro atoms. The first-order valence-electron chi connectivity index (χ1n) is 10.0. The molecule has 0 atom stereocenters. The van der Waals surface area contributed by atoms with E-state index in [2.05, 4.69) is 10.1 Å². The lowest BCUT2D eigenvalue weighted by Gasteiger charge is -2.13. The second kappa shape index (κ2) is 9.43. The van der Waals surface area contributed by atoms with Crippen molar-refractivity contribution in [2.75, 3.05) is 21.3 Å². The van der Waals surface area contributed by atoms with Crippen LogP contribution < -0.4 is 18.9 Å². The Balaban J connectivity index is 1.55. The van der Waals surface area contributed by atoms with Crippen molar-refractivity contribution in [3.63, 3.8) is 0 Å². The Hall–Kier alpha value is -4.00. The lowest BCUT2D eigenvalue weighted by atomic mass is 10.1. The Morgan fingerprint density at radius 3 is 2.25 bits per heavy atom. The second-order valence-corrected chi connectivity index (χ2v) is 7.11.